The summed E-state index contributed by atoms with van der Waals surface area (Å²) in [4.78, 5) is 12.0. The summed E-state index contributed by atoms with van der Waals surface area (Å²) in [5, 5.41) is 28.8. The van der Waals surface area contributed by atoms with Crippen LogP contribution in [0.1, 0.15) is 6.23 Å². The minimum absolute atomic E-state index is 0.235. The molecule has 0 spiro atoms. The summed E-state index contributed by atoms with van der Waals surface area (Å²) in [7, 11) is 0. The van der Waals surface area contributed by atoms with Gasteiger partial charge in [0.2, 0.25) is 0 Å². The number of fused-ring (bicyclic) bond motifs is 1. The second kappa shape index (κ2) is 4.94. The van der Waals surface area contributed by atoms with E-state index in [4.69, 9.17) is 10.5 Å². The fourth-order valence-electron chi connectivity index (χ4n) is 2.48. The fraction of sp³-hybridized carbons (Fsp3) is 0.545. The first kappa shape index (κ1) is 13.2. The van der Waals surface area contributed by atoms with E-state index in [0.29, 0.717) is 11.2 Å². The van der Waals surface area contributed by atoms with Crippen LogP contribution >= 0.6 is 0 Å². The molecule has 9 nitrogen and oxygen atoms in total. The molecule has 5 N–H and O–H groups in total. The van der Waals surface area contributed by atoms with Gasteiger partial charge in [0, 0.05) is 5.92 Å². The molecule has 0 bridgehead atoms. The first-order valence-electron chi connectivity index (χ1n) is 6.15. The molecule has 2 aromatic heterocycles. The monoisotopic (exact) mass is 281 g/mol. The Labute approximate surface area is 113 Å². The number of nitrogens with zero attached hydrogens (tertiary/aromatic N) is 4. The van der Waals surface area contributed by atoms with E-state index in [1.807, 2.05) is 0 Å². The Hall–Kier alpha value is -1.81. The van der Waals surface area contributed by atoms with Crippen molar-refractivity contribution in [3.63, 3.8) is 0 Å². The van der Waals surface area contributed by atoms with Crippen LogP contribution in [0.3, 0.4) is 0 Å². The Balaban J connectivity index is 2.01. The van der Waals surface area contributed by atoms with Gasteiger partial charge in [-0.3, -0.25) is 4.57 Å². The zero-order valence-electron chi connectivity index (χ0n) is 10.5. The standard InChI is InChI=1S/C11H15N5O4/c12-9-7-10(14-3-13-9)16(4-15-7)11-8(19)5(1-17)6(2-18)20-11/h3-6,8,11,17-19H,1-2H2,(H2,12,13,14)/t5-,6-,8-,11-/m0/s1. The molecule has 9 heteroatoms. The van der Waals surface area contributed by atoms with E-state index in [9.17, 15) is 15.3 Å². The van der Waals surface area contributed by atoms with Crippen LogP contribution in [0, 0.1) is 5.92 Å². The molecule has 0 unspecified atom stereocenters. The van der Waals surface area contributed by atoms with Gasteiger partial charge < -0.3 is 25.8 Å². The molecule has 4 atom stereocenters. The predicted molar refractivity (Wildman–Crippen MR) is 67.3 cm³/mol. The van der Waals surface area contributed by atoms with E-state index in [1.54, 1.807) is 0 Å². The third kappa shape index (κ3) is 1.83. The van der Waals surface area contributed by atoms with Crippen LogP contribution in [-0.4, -0.2) is 60.3 Å². The molecule has 1 fully saturated rings. The van der Waals surface area contributed by atoms with Crippen molar-refractivity contribution in [1.29, 1.82) is 0 Å². The highest BCUT2D eigenvalue weighted by molar-refractivity contribution is 5.81. The molecule has 0 aromatic carbocycles. The number of aliphatic hydroxyl groups is 3. The van der Waals surface area contributed by atoms with Crippen molar-refractivity contribution in [3.05, 3.63) is 12.7 Å². The highest BCUT2D eigenvalue weighted by atomic mass is 16.5. The molecular weight excluding hydrogens is 266 g/mol. The van der Waals surface area contributed by atoms with Gasteiger partial charge in [0.05, 0.1) is 25.6 Å². The molecule has 1 aliphatic rings. The lowest BCUT2D eigenvalue weighted by molar-refractivity contribution is -0.0496. The van der Waals surface area contributed by atoms with Gasteiger partial charge in [-0.1, -0.05) is 0 Å². The summed E-state index contributed by atoms with van der Waals surface area (Å²) in [6.07, 6.45) is 0.327. The maximum atomic E-state index is 10.2. The van der Waals surface area contributed by atoms with Crippen molar-refractivity contribution >= 4 is 17.0 Å². The zero-order chi connectivity index (χ0) is 14.3. The van der Waals surface area contributed by atoms with Gasteiger partial charge in [0.25, 0.3) is 0 Å². The van der Waals surface area contributed by atoms with Crippen molar-refractivity contribution < 1.29 is 20.1 Å². The highest BCUT2D eigenvalue weighted by Crippen LogP contribution is 2.35. The molecule has 108 valence electrons. The number of nitrogens with two attached hydrogens (primary N) is 1. The molecule has 0 saturated carbocycles. The molecule has 0 amide bonds. The largest absolute Gasteiger partial charge is 0.396 e. The van der Waals surface area contributed by atoms with Crippen LogP contribution in [0.5, 0.6) is 0 Å². The third-order valence-corrected chi connectivity index (χ3v) is 3.57. The quantitative estimate of drug-likeness (QED) is 0.520. The van der Waals surface area contributed by atoms with Gasteiger partial charge in [0.1, 0.15) is 17.9 Å². The Morgan fingerprint density at radius 2 is 2.05 bits per heavy atom. The summed E-state index contributed by atoms with van der Waals surface area (Å²) < 4.78 is 7.10. The van der Waals surface area contributed by atoms with Crippen LogP contribution in [-0.2, 0) is 4.74 Å². The average molecular weight is 281 g/mol. The molecule has 0 aliphatic carbocycles. The molecule has 2 aromatic rings. The topological polar surface area (TPSA) is 140 Å². The fourth-order valence-corrected chi connectivity index (χ4v) is 2.48. The predicted octanol–water partition coefficient (Wildman–Crippen LogP) is -1.73. The Bertz CT molecular complexity index is 618. The maximum Gasteiger partial charge on any atom is 0.167 e. The molecular formula is C11H15N5O4. The van der Waals surface area contributed by atoms with E-state index in [1.165, 1.54) is 17.2 Å². The number of imidazole rings is 1. The van der Waals surface area contributed by atoms with Crippen LogP contribution in [0.2, 0.25) is 0 Å². The van der Waals surface area contributed by atoms with E-state index in [0.717, 1.165) is 0 Å². The lowest BCUT2D eigenvalue weighted by atomic mass is 9.99. The van der Waals surface area contributed by atoms with Crippen molar-refractivity contribution in [2.75, 3.05) is 18.9 Å². The number of aromatic nitrogens is 4. The molecule has 1 aliphatic heterocycles. The van der Waals surface area contributed by atoms with E-state index in [2.05, 4.69) is 15.0 Å². The summed E-state index contributed by atoms with van der Waals surface area (Å²) in [5.74, 6) is -0.333. The normalized spacial score (nSPS) is 30.1. The van der Waals surface area contributed by atoms with Crippen LogP contribution < -0.4 is 5.73 Å². The number of hydrogen-bond acceptors (Lipinski definition) is 8. The smallest absolute Gasteiger partial charge is 0.167 e. The molecule has 0 radical (unpaired) electrons. The van der Waals surface area contributed by atoms with Gasteiger partial charge in [-0.05, 0) is 0 Å². The Morgan fingerprint density at radius 1 is 1.25 bits per heavy atom. The van der Waals surface area contributed by atoms with Crippen molar-refractivity contribution in [2.45, 2.75) is 18.4 Å². The number of anilines is 1. The highest BCUT2D eigenvalue weighted by Gasteiger charge is 2.44. The molecule has 3 heterocycles. The van der Waals surface area contributed by atoms with E-state index >= 15 is 0 Å². The number of aliphatic hydroxyl groups excluding tert-OH is 3. The molecule has 1 saturated heterocycles. The average Bonchev–Trinajstić information content (AvgIpc) is 3.00. The summed E-state index contributed by atoms with van der Waals surface area (Å²) in [6, 6.07) is 0. The first-order valence-corrected chi connectivity index (χ1v) is 6.15. The van der Waals surface area contributed by atoms with Gasteiger partial charge >= 0.3 is 0 Å². The van der Waals surface area contributed by atoms with Gasteiger partial charge in [0.15, 0.2) is 17.7 Å². The SMILES string of the molecule is Nc1ncnc2c1ncn2[C@H]1O[C@@H](CO)[C@H](CO)[C@@H]1O. The van der Waals surface area contributed by atoms with Crippen molar-refractivity contribution in [3.8, 4) is 0 Å². The molecule has 3 rings (SSSR count). The second-order valence-electron chi connectivity index (χ2n) is 4.67. The van der Waals surface area contributed by atoms with Crippen LogP contribution in [0.15, 0.2) is 12.7 Å². The number of nitrogen functional groups attached to an aromatic ring is 1. The van der Waals surface area contributed by atoms with Crippen LogP contribution in [0.25, 0.3) is 11.2 Å². The Kier molecular flexibility index (Phi) is 3.26. The van der Waals surface area contributed by atoms with Gasteiger partial charge in [-0.2, -0.15) is 0 Å². The van der Waals surface area contributed by atoms with Gasteiger partial charge in [-0.25, -0.2) is 15.0 Å². The first-order chi connectivity index (χ1) is 9.67. The number of ether oxygens (including phenoxy) is 1. The van der Waals surface area contributed by atoms with Crippen LogP contribution in [0.4, 0.5) is 5.82 Å². The Morgan fingerprint density at radius 3 is 2.70 bits per heavy atom. The lowest BCUT2D eigenvalue weighted by Gasteiger charge is -2.17. The second-order valence-corrected chi connectivity index (χ2v) is 4.67. The maximum absolute atomic E-state index is 10.2. The summed E-state index contributed by atoms with van der Waals surface area (Å²) in [5.41, 5.74) is 6.54. The number of rotatable bonds is 3. The zero-order valence-corrected chi connectivity index (χ0v) is 10.5. The van der Waals surface area contributed by atoms with E-state index < -0.39 is 24.4 Å². The van der Waals surface area contributed by atoms with Crippen molar-refractivity contribution in [2.24, 2.45) is 5.92 Å². The summed E-state index contributed by atoms with van der Waals surface area (Å²) >= 11 is 0. The third-order valence-electron chi connectivity index (χ3n) is 3.57. The molecule has 20 heavy (non-hydrogen) atoms. The number of hydrogen-bond donors (Lipinski definition) is 4. The lowest BCUT2D eigenvalue weighted by Crippen LogP contribution is -2.30. The minimum Gasteiger partial charge on any atom is -0.396 e. The van der Waals surface area contributed by atoms with Crippen molar-refractivity contribution in [1.82, 2.24) is 19.5 Å². The van der Waals surface area contributed by atoms with Gasteiger partial charge in [-0.15, -0.1) is 0 Å². The summed E-state index contributed by atoms with van der Waals surface area (Å²) in [6.45, 7) is -0.574. The van der Waals surface area contributed by atoms with E-state index in [-0.39, 0.29) is 19.0 Å². The minimum atomic E-state index is -0.981.